The van der Waals surface area contributed by atoms with Crippen LogP contribution in [0.15, 0.2) is 36.4 Å². The second-order valence-electron chi connectivity index (χ2n) is 7.66. The first-order chi connectivity index (χ1) is 15.1. The number of morpholine rings is 1. The molecule has 0 saturated carbocycles. The summed E-state index contributed by atoms with van der Waals surface area (Å²) < 4.78 is 5.32. The van der Waals surface area contributed by atoms with Gasteiger partial charge in [0.1, 0.15) is 5.52 Å². The average molecular weight is 421 g/mol. The van der Waals surface area contributed by atoms with Crippen molar-refractivity contribution < 1.29 is 9.53 Å². The Morgan fingerprint density at radius 2 is 1.87 bits per heavy atom. The van der Waals surface area contributed by atoms with Gasteiger partial charge < -0.3 is 20.7 Å². The number of aromatic nitrogens is 3. The van der Waals surface area contributed by atoms with Gasteiger partial charge in [-0.1, -0.05) is 25.5 Å². The molecule has 1 saturated heterocycles. The first-order valence-corrected chi connectivity index (χ1v) is 10.8. The zero-order valence-electron chi connectivity index (χ0n) is 17.8. The predicted octanol–water partition coefficient (Wildman–Crippen LogP) is 2.88. The van der Waals surface area contributed by atoms with Crippen LogP contribution in [-0.2, 0) is 11.2 Å². The van der Waals surface area contributed by atoms with E-state index in [1.807, 2.05) is 41.3 Å². The largest absolute Gasteiger partial charge is 0.378 e. The van der Waals surface area contributed by atoms with E-state index in [0.29, 0.717) is 44.1 Å². The SMILES string of the molecule is CCCCNc1nc(N)nc2ccc(Cc3ccc(C(=O)N4CCOCC4)cc3)nc12. The summed E-state index contributed by atoms with van der Waals surface area (Å²) >= 11 is 0. The van der Waals surface area contributed by atoms with Gasteiger partial charge in [0.05, 0.1) is 18.7 Å². The topological polar surface area (TPSA) is 106 Å². The third-order valence-corrected chi connectivity index (χ3v) is 5.32. The van der Waals surface area contributed by atoms with Crippen LogP contribution in [0.2, 0.25) is 0 Å². The summed E-state index contributed by atoms with van der Waals surface area (Å²) in [6.07, 6.45) is 2.79. The molecule has 0 bridgehead atoms. The minimum atomic E-state index is 0.0520. The van der Waals surface area contributed by atoms with E-state index in [1.165, 1.54) is 0 Å². The lowest BCUT2D eigenvalue weighted by molar-refractivity contribution is 0.0303. The summed E-state index contributed by atoms with van der Waals surface area (Å²) in [5.74, 6) is 0.960. The Kier molecular flexibility index (Phi) is 6.57. The van der Waals surface area contributed by atoms with Crippen molar-refractivity contribution in [2.45, 2.75) is 26.2 Å². The van der Waals surface area contributed by atoms with Gasteiger partial charge in [-0.2, -0.15) is 4.98 Å². The third kappa shape index (κ3) is 5.08. The number of nitrogens with one attached hydrogen (secondary N) is 1. The average Bonchev–Trinajstić information content (AvgIpc) is 2.80. The van der Waals surface area contributed by atoms with Gasteiger partial charge in [-0.25, -0.2) is 9.97 Å². The second-order valence-corrected chi connectivity index (χ2v) is 7.66. The highest BCUT2D eigenvalue weighted by Gasteiger charge is 2.18. The molecule has 0 aliphatic carbocycles. The van der Waals surface area contributed by atoms with Gasteiger partial charge in [-0.3, -0.25) is 4.79 Å². The van der Waals surface area contributed by atoms with Crippen LogP contribution in [0.5, 0.6) is 0 Å². The molecule has 1 amide bonds. The molecule has 0 unspecified atom stereocenters. The molecule has 0 radical (unpaired) electrons. The van der Waals surface area contributed by atoms with Gasteiger partial charge in [0.25, 0.3) is 5.91 Å². The number of fused-ring (bicyclic) bond motifs is 1. The van der Waals surface area contributed by atoms with E-state index in [2.05, 4.69) is 22.2 Å². The number of amides is 1. The first-order valence-electron chi connectivity index (χ1n) is 10.8. The van der Waals surface area contributed by atoms with Crippen LogP contribution in [-0.4, -0.2) is 58.6 Å². The molecule has 3 N–H and O–H groups in total. The Bertz CT molecular complexity index is 1050. The Labute approximate surface area is 181 Å². The van der Waals surface area contributed by atoms with Crippen molar-refractivity contribution >= 4 is 28.7 Å². The highest BCUT2D eigenvalue weighted by Crippen LogP contribution is 2.21. The van der Waals surface area contributed by atoms with Gasteiger partial charge >= 0.3 is 0 Å². The number of nitrogen functional groups attached to an aromatic ring is 1. The number of carbonyl (C=O) groups excluding carboxylic acids is 1. The molecule has 2 aromatic heterocycles. The van der Waals surface area contributed by atoms with Crippen LogP contribution in [0.25, 0.3) is 11.0 Å². The highest BCUT2D eigenvalue weighted by atomic mass is 16.5. The Balaban J connectivity index is 1.50. The van der Waals surface area contributed by atoms with Gasteiger partial charge in [-0.05, 0) is 36.2 Å². The van der Waals surface area contributed by atoms with Crippen molar-refractivity contribution in [3.63, 3.8) is 0 Å². The van der Waals surface area contributed by atoms with Gasteiger partial charge in [0, 0.05) is 37.3 Å². The molecule has 1 aliphatic rings. The summed E-state index contributed by atoms with van der Waals surface area (Å²) in [5.41, 5.74) is 9.99. The number of hydrogen-bond acceptors (Lipinski definition) is 7. The lowest BCUT2D eigenvalue weighted by Gasteiger charge is -2.26. The minimum absolute atomic E-state index is 0.0520. The number of unbranched alkanes of at least 4 members (excludes halogenated alkanes) is 1. The van der Waals surface area contributed by atoms with Crippen molar-refractivity contribution in [1.29, 1.82) is 0 Å². The monoisotopic (exact) mass is 420 g/mol. The van der Waals surface area contributed by atoms with Gasteiger partial charge in [0.2, 0.25) is 5.95 Å². The van der Waals surface area contributed by atoms with Crippen LogP contribution in [0.1, 0.15) is 41.4 Å². The molecule has 1 fully saturated rings. The molecule has 1 aromatic carbocycles. The van der Waals surface area contributed by atoms with Gasteiger partial charge in [-0.15, -0.1) is 0 Å². The molecule has 8 heteroatoms. The smallest absolute Gasteiger partial charge is 0.254 e. The highest BCUT2D eigenvalue weighted by molar-refractivity contribution is 5.94. The summed E-state index contributed by atoms with van der Waals surface area (Å²) in [6, 6.07) is 11.6. The molecule has 1 aliphatic heterocycles. The first kappa shape index (κ1) is 21.0. The van der Waals surface area contributed by atoms with Crippen LogP contribution in [0.3, 0.4) is 0 Å². The minimum Gasteiger partial charge on any atom is -0.378 e. The number of hydrogen-bond donors (Lipinski definition) is 2. The van der Waals surface area contributed by atoms with E-state index in [9.17, 15) is 4.79 Å². The van der Waals surface area contributed by atoms with E-state index in [-0.39, 0.29) is 11.9 Å². The quantitative estimate of drug-likeness (QED) is 0.566. The van der Waals surface area contributed by atoms with Gasteiger partial charge in [0.15, 0.2) is 5.82 Å². The molecule has 0 spiro atoms. The normalized spacial score (nSPS) is 14.0. The molecular formula is C23H28N6O2. The number of nitrogens with zero attached hydrogens (tertiary/aromatic N) is 4. The summed E-state index contributed by atoms with van der Waals surface area (Å²) in [5, 5.41) is 3.33. The summed E-state index contributed by atoms with van der Waals surface area (Å²) in [4.78, 5) is 27.9. The third-order valence-electron chi connectivity index (χ3n) is 5.32. The number of anilines is 2. The lowest BCUT2D eigenvalue weighted by atomic mass is 10.1. The Hall–Kier alpha value is -3.26. The molecule has 8 nitrogen and oxygen atoms in total. The molecule has 162 valence electrons. The second kappa shape index (κ2) is 9.70. The number of carbonyl (C=O) groups is 1. The molecule has 0 atom stereocenters. The van der Waals surface area contributed by atoms with E-state index >= 15 is 0 Å². The zero-order chi connectivity index (χ0) is 21.6. The van der Waals surface area contributed by atoms with Crippen LogP contribution in [0, 0.1) is 0 Å². The van der Waals surface area contributed by atoms with Crippen molar-refractivity contribution in [2.75, 3.05) is 43.9 Å². The van der Waals surface area contributed by atoms with Crippen molar-refractivity contribution in [3.05, 3.63) is 53.2 Å². The summed E-state index contributed by atoms with van der Waals surface area (Å²) in [6.45, 7) is 5.44. The molecule has 3 heterocycles. The van der Waals surface area contributed by atoms with Crippen LogP contribution < -0.4 is 11.1 Å². The number of nitrogens with two attached hydrogens (primary N) is 1. The molecule has 31 heavy (non-hydrogen) atoms. The maximum atomic E-state index is 12.6. The predicted molar refractivity (Wildman–Crippen MR) is 121 cm³/mol. The number of rotatable bonds is 7. The Morgan fingerprint density at radius 1 is 1.10 bits per heavy atom. The lowest BCUT2D eigenvalue weighted by Crippen LogP contribution is -2.40. The summed E-state index contributed by atoms with van der Waals surface area (Å²) in [7, 11) is 0. The molecular weight excluding hydrogens is 392 g/mol. The van der Waals surface area contributed by atoms with E-state index in [4.69, 9.17) is 15.5 Å². The van der Waals surface area contributed by atoms with Crippen LogP contribution in [0.4, 0.5) is 11.8 Å². The fourth-order valence-corrected chi connectivity index (χ4v) is 3.60. The fourth-order valence-electron chi connectivity index (χ4n) is 3.60. The zero-order valence-corrected chi connectivity index (χ0v) is 17.8. The van der Waals surface area contributed by atoms with E-state index < -0.39 is 0 Å². The number of ether oxygens (including phenoxy) is 1. The van der Waals surface area contributed by atoms with E-state index in [1.54, 1.807) is 0 Å². The van der Waals surface area contributed by atoms with Crippen molar-refractivity contribution in [1.82, 2.24) is 19.9 Å². The Morgan fingerprint density at radius 3 is 2.61 bits per heavy atom. The fraction of sp³-hybridized carbons (Fsp3) is 0.391. The maximum Gasteiger partial charge on any atom is 0.254 e. The van der Waals surface area contributed by atoms with Crippen molar-refractivity contribution in [2.24, 2.45) is 0 Å². The van der Waals surface area contributed by atoms with Crippen LogP contribution >= 0.6 is 0 Å². The number of pyridine rings is 1. The maximum absolute atomic E-state index is 12.6. The standard InChI is InChI=1S/C23H28N6O2/c1-2-3-10-25-21-20-19(27-23(24)28-21)9-8-18(26-20)15-16-4-6-17(7-5-16)22(30)29-11-13-31-14-12-29/h4-9H,2-3,10-15H2,1H3,(H3,24,25,27,28). The van der Waals surface area contributed by atoms with E-state index in [0.717, 1.165) is 41.7 Å². The molecule has 3 aromatic rings. The van der Waals surface area contributed by atoms with Crippen molar-refractivity contribution in [3.8, 4) is 0 Å². The molecule has 4 rings (SSSR count). The number of benzene rings is 1.